The molecule has 2 heterocycles. The third kappa shape index (κ3) is 1.67. The van der Waals surface area contributed by atoms with Gasteiger partial charge < -0.3 is 5.73 Å². The number of aromatic nitrogens is 1. The zero-order chi connectivity index (χ0) is 9.26. The first-order valence-corrected chi connectivity index (χ1v) is 4.13. The molecular weight excluding hydrogens is 171 g/mol. The van der Waals surface area contributed by atoms with E-state index in [1.54, 1.807) is 12.3 Å². The number of pyridine rings is 1. The average Bonchev–Trinajstić information content (AvgIpc) is 2.53. The molecule has 4 nitrogen and oxygen atoms in total. The number of nitrogens with one attached hydrogen (secondary N) is 2. The lowest BCUT2D eigenvalue weighted by Gasteiger charge is -2.09. The van der Waals surface area contributed by atoms with Crippen LogP contribution in [0.25, 0.3) is 0 Å². The molecule has 0 amide bonds. The molecule has 0 spiro atoms. The molecule has 1 aliphatic heterocycles. The van der Waals surface area contributed by atoms with Crippen molar-refractivity contribution in [1.82, 2.24) is 15.8 Å². The quantitative estimate of drug-likeness (QED) is 0.574. The molecule has 1 aromatic heterocycles. The molecule has 4 N–H and O–H groups in total. The van der Waals surface area contributed by atoms with E-state index in [4.69, 9.17) is 5.73 Å². The Balaban J connectivity index is 2.21. The Morgan fingerprint density at radius 2 is 2.38 bits per heavy atom. The van der Waals surface area contributed by atoms with Crippen molar-refractivity contribution in [3.63, 3.8) is 0 Å². The van der Waals surface area contributed by atoms with E-state index in [0.29, 0.717) is 12.0 Å². The van der Waals surface area contributed by atoms with Crippen molar-refractivity contribution in [2.24, 2.45) is 5.73 Å². The van der Waals surface area contributed by atoms with Crippen LogP contribution in [-0.2, 0) is 0 Å². The normalized spacial score (nSPS) is 27.8. The summed E-state index contributed by atoms with van der Waals surface area (Å²) in [6.07, 6.45) is 3.35. The van der Waals surface area contributed by atoms with Gasteiger partial charge in [-0.25, -0.2) is 15.2 Å². The fourth-order valence-electron chi connectivity index (χ4n) is 1.45. The van der Waals surface area contributed by atoms with Crippen LogP contribution in [0.15, 0.2) is 18.5 Å². The summed E-state index contributed by atoms with van der Waals surface area (Å²) in [6.45, 7) is 0. The smallest absolute Gasteiger partial charge is 0.146 e. The molecule has 1 fully saturated rings. The van der Waals surface area contributed by atoms with Crippen molar-refractivity contribution in [2.75, 3.05) is 0 Å². The summed E-state index contributed by atoms with van der Waals surface area (Å²) >= 11 is 0. The molecule has 2 unspecified atom stereocenters. The summed E-state index contributed by atoms with van der Waals surface area (Å²) in [7, 11) is 0. The maximum atomic E-state index is 13.2. The summed E-state index contributed by atoms with van der Waals surface area (Å²) in [4.78, 5) is 3.68. The number of nitrogens with two attached hydrogens (primary N) is 1. The van der Waals surface area contributed by atoms with E-state index < -0.39 is 0 Å². The van der Waals surface area contributed by atoms with Crippen LogP contribution in [0.2, 0.25) is 0 Å². The van der Waals surface area contributed by atoms with E-state index in [1.807, 2.05) is 0 Å². The van der Waals surface area contributed by atoms with E-state index in [9.17, 15) is 4.39 Å². The maximum Gasteiger partial charge on any atom is 0.146 e. The Morgan fingerprint density at radius 1 is 1.54 bits per heavy atom. The van der Waals surface area contributed by atoms with Gasteiger partial charge in [-0.1, -0.05) is 0 Å². The topological polar surface area (TPSA) is 63.0 Å². The minimum Gasteiger partial charge on any atom is -0.315 e. The van der Waals surface area contributed by atoms with E-state index in [0.717, 1.165) is 0 Å². The number of nitrogens with zero attached hydrogens (tertiary/aromatic N) is 1. The highest BCUT2D eigenvalue weighted by Gasteiger charge is 2.24. The minimum atomic E-state index is -0.295. The monoisotopic (exact) mass is 182 g/mol. The largest absolute Gasteiger partial charge is 0.315 e. The number of rotatable bonds is 1. The standard InChI is InChI=1S/C8H11FN4/c9-6-4-11-2-1-5(6)7-3-8(10)13-12-7/h1-2,4,7-8,12-13H,3,10H2. The third-order valence-electron chi connectivity index (χ3n) is 2.11. The number of hydrogen-bond donors (Lipinski definition) is 3. The predicted octanol–water partition coefficient (Wildman–Crippen LogP) is 0.0445. The minimum absolute atomic E-state index is 0.0574. The van der Waals surface area contributed by atoms with Crippen molar-refractivity contribution in [3.8, 4) is 0 Å². The van der Waals surface area contributed by atoms with Crippen LogP contribution in [0.4, 0.5) is 4.39 Å². The van der Waals surface area contributed by atoms with Crippen LogP contribution in [-0.4, -0.2) is 11.1 Å². The molecule has 0 saturated carbocycles. The van der Waals surface area contributed by atoms with Crippen LogP contribution < -0.4 is 16.6 Å². The summed E-state index contributed by atoms with van der Waals surface area (Å²) in [5.41, 5.74) is 12.0. The highest BCUT2D eigenvalue weighted by atomic mass is 19.1. The van der Waals surface area contributed by atoms with Gasteiger partial charge in [0, 0.05) is 11.8 Å². The lowest BCUT2D eigenvalue weighted by Crippen LogP contribution is -2.36. The fraction of sp³-hybridized carbons (Fsp3) is 0.375. The average molecular weight is 182 g/mol. The van der Waals surface area contributed by atoms with Crippen molar-refractivity contribution < 1.29 is 4.39 Å². The van der Waals surface area contributed by atoms with Crippen LogP contribution >= 0.6 is 0 Å². The van der Waals surface area contributed by atoms with Crippen LogP contribution in [0, 0.1) is 5.82 Å². The maximum absolute atomic E-state index is 13.2. The third-order valence-corrected chi connectivity index (χ3v) is 2.11. The molecule has 1 saturated heterocycles. The van der Waals surface area contributed by atoms with Gasteiger partial charge in [0.05, 0.1) is 18.4 Å². The van der Waals surface area contributed by atoms with Gasteiger partial charge in [-0.3, -0.25) is 4.98 Å². The Hall–Kier alpha value is -1.04. The molecule has 1 aromatic rings. The number of halogens is 1. The lowest BCUT2D eigenvalue weighted by molar-refractivity contribution is 0.525. The second-order valence-electron chi connectivity index (χ2n) is 3.08. The van der Waals surface area contributed by atoms with Crippen molar-refractivity contribution in [3.05, 3.63) is 29.8 Å². The first kappa shape index (κ1) is 8.55. The SMILES string of the molecule is NC1CC(c2ccncc2F)NN1. The second-order valence-corrected chi connectivity index (χ2v) is 3.08. The molecule has 0 aromatic carbocycles. The highest BCUT2D eigenvalue weighted by molar-refractivity contribution is 5.18. The lowest BCUT2D eigenvalue weighted by atomic mass is 10.1. The molecule has 0 aliphatic carbocycles. The van der Waals surface area contributed by atoms with Gasteiger partial charge in [0.25, 0.3) is 0 Å². The fourth-order valence-corrected chi connectivity index (χ4v) is 1.45. The van der Waals surface area contributed by atoms with Gasteiger partial charge >= 0.3 is 0 Å². The van der Waals surface area contributed by atoms with Gasteiger partial charge in [0.2, 0.25) is 0 Å². The molecule has 0 radical (unpaired) electrons. The van der Waals surface area contributed by atoms with Crippen molar-refractivity contribution in [1.29, 1.82) is 0 Å². The van der Waals surface area contributed by atoms with Gasteiger partial charge in [-0.15, -0.1) is 0 Å². The Bertz CT molecular complexity index is 304. The predicted molar refractivity (Wildman–Crippen MR) is 45.8 cm³/mol. The van der Waals surface area contributed by atoms with Gasteiger partial charge in [0.15, 0.2) is 0 Å². The summed E-state index contributed by atoms with van der Waals surface area (Å²) in [5, 5.41) is 0. The second kappa shape index (κ2) is 3.37. The Morgan fingerprint density at radius 3 is 3.00 bits per heavy atom. The molecule has 5 heteroatoms. The van der Waals surface area contributed by atoms with E-state index in [1.165, 1.54) is 6.20 Å². The van der Waals surface area contributed by atoms with Crippen LogP contribution in [0.5, 0.6) is 0 Å². The first-order valence-electron chi connectivity index (χ1n) is 4.13. The van der Waals surface area contributed by atoms with E-state index in [-0.39, 0.29) is 18.0 Å². The number of hydrazine groups is 1. The Labute approximate surface area is 75.3 Å². The zero-order valence-electron chi connectivity index (χ0n) is 7.00. The molecule has 0 bridgehead atoms. The molecule has 1 aliphatic rings. The number of hydrogen-bond acceptors (Lipinski definition) is 4. The van der Waals surface area contributed by atoms with E-state index in [2.05, 4.69) is 15.8 Å². The van der Waals surface area contributed by atoms with Gasteiger partial charge in [-0.05, 0) is 12.5 Å². The summed E-state index contributed by atoms with van der Waals surface area (Å²) in [6, 6.07) is 1.60. The zero-order valence-corrected chi connectivity index (χ0v) is 7.00. The summed E-state index contributed by atoms with van der Waals surface area (Å²) in [5.74, 6) is -0.295. The van der Waals surface area contributed by atoms with Gasteiger partial charge in [-0.2, -0.15) is 0 Å². The molecule has 2 rings (SSSR count). The van der Waals surface area contributed by atoms with Crippen LogP contribution in [0.3, 0.4) is 0 Å². The molecular formula is C8H11FN4. The van der Waals surface area contributed by atoms with Gasteiger partial charge in [0.1, 0.15) is 5.82 Å². The van der Waals surface area contributed by atoms with Crippen molar-refractivity contribution >= 4 is 0 Å². The van der Waals surface area contributed by atoms with Crippen molar-refractivity contribution in [2.45, 2.75) is 18.6 Å². The van der Waals surface area contributed by atoms with Crippen LogP contribution in [0.1, 0.15) is 18.0 Å². The molecule has 2 atom stereocenters. The Kier molecular flexibility index (Phi) is 2.22. The first-order chi connectivity index (χ1) is 6.27. The highest BCUT2D eigenvalue weighted by Crippen LogP contribution is 2.21. The molecule has 13 heavy (non-hydrogen) atoms. The summed E-state index contributed by atoms with van der Waals surface area (Å²) < 4.78 is 13.2. The molecule has 70 valence electrons. The van der Waals surface area contributed by atoms with E-state index >= 15 is 0 Å².